The monoisotopic (exact) mass is 359 g/mol. The molecule has 0 aliphatic rings. The normalized spacial score (nSPS) is 10.6. The fourth-order valence-electron chi connectivity index (χ4n) is 2.45. The Kier molecular flexibility index (Phi) is 7.02. The summed E-state index contributed by atoms with van der Waals surface area (Å²) >= 11 is 0. The molecular formula is C20H22FNO4. The van der Waals surface area contributed by atoms with Gasteiger partial charge in [0.15, 0.2) is 11.5 Å². The quantitative estimate of drug-likeness (QED) is 0.736. The molecule has 138 valence electrons. The Labute approximate surface area is 152 Å². The van der Waals surface area contributed by atoms with Crippen LogP contribution in [0, 0.1) is 5.82 Å². The number of carbonyl (C=O) groups excluding carboxylic acids is 1. The van der Waals surface area contributed by atoms with E-state index in [0.29, 0.717) is 30.2 Å². The van der Waals surface area contributed by atoms with Crippen molar-refractivity contribution >= 4 is 12.0 Å². The molecule has 0 saturated carbocycles. The third-order valence-corrected chi connectivity index (χ3v) is 3.72. The van der Waals surface area contributed by atoms with E-state index in [1.165, 1.54) is 39.5 Å². The van der Waals surface area contributed by atoms with Crippen molar-refractivity contribution < 1.29 is 23.4 Å². The zero-order valence-corrected chi connectivity index (χ0v) is 15.0. The summed E-state index contributed by atoms with van der Waals surface area (Å²) in [4.78, 5) is 11.9. The van der Waals surface area contributed by atoms with Crippen LogP contribution in [0.25, 0.3) is 6.08 Å². The van der Waals surface area contributed by atoms with Crippen LogP contribution < -0.4 is 19.5 Å². The molecule has 2 rings (SSSR count). The lowest BCUT2D eigenvalue weighted by atomic mass is 10.1. The van der Waals surface area contributed by atoms with E-state index >= 15 is 0 Å². The number of hydrogen-bond acceptors (Lipinski definition) is 4. The number of ether oxygens (including phenoxy) is 3. The van der Waals surface area contributed by atoms with Gasteiger partial charge in [-0.2, -0.15) is 0 Å². The third kappa shape index (κ3) is 5.24. The Balaban J connectivity index is 1.97. The Morgan fingerprint density at radius 3 is 2.35 bits per heavy atom. The molecule has 5 nitrogen and oxygen atoms in total. The largest absolute Gasteiger partial charge is 0.493 e. The van der Waals surface area contributed by atoms with Crippen LogP contribution in [-0.2, 0) is 11.2 Å². The minimum absolute atomic E-state index is 0.241. The van der Waals surface area contributed by atoms with E-state index in [1.54, 1.807) is 24.3 Å². The maximum Gasteiger partial charge on any atom is 0.244 e. The SMILES string of the molecule is COc1cc(/C=C/C(=O)NCCc2cccc(F)c2)cc(OC)c1OC. The lowest BCUT2D eigenvalue weighted by Crippen LogP contribution is -2.23. The van der Waals surface area contributed by atoms with Gasteiger partial charge in [-0.1, -0.05) is 12.1 Å². The van der Waals surface area contributed by atoms with E-state index in [0.717, 1.165) is 11.1 Å². The zero-order valence-electron chi connectivity index (χ0n) is 15.0. The Morgan fingerprint density at radius 1 is 1.08 bits per heavy atom. The lowest BCUT2D eigenvalue weighted by Gasteiger charge is -2.12. The van der Waals surface area contributed by atoms with Crippen molar-refractivity contribution in [3.8, 4) is 17.2 Å². The van der Waals surface area contributed by atoms with Crippen LogP contribution in [0.3, 0.4) is 0 Å². The Bertz CT molecular complexity index is 764. The van der Waals surface area contributed by atoms with Crippen LogP contribution in [-0.4, -0.2) is 33.8 Å². The van der Waals surface area contributed by atoms with Gasteiger partial charge in [-0.25, -0.2) is 4.39 Å². The minimum Gasteiger partial charge on any atom is -0.493 e. The molecular weight excluding hydrogens is 337 g/mol. The van der Waals surface area contributed by atoms with Gasteiger partial charge in [0, 0.05) is 12.6 Å². The highest BCUT2D eigenvalue weighted by Gasteiger charge is 2.12. The van der Waals surface area contributed by atoms with Crippen LogP contribution >= 0.6 is 0 Å². The highest BCUT2D eigenvalue weighted by atomic mass is 19.1. The van der Waals surface area contributed by atoms with Crippen molar-refractivity contribution in [2.24, 2.45) is 0 Å². The smallest absolute Gasteiger partial charge is 0.244 e. The molecule has 1 amide bonds. The predicted molar refractivity (Wildman–Crippen MR) is 98.2 cm³/mol. The van der Waals surface area contributed by atoms with Gasteiger partial charge in [-0.3, -0.25) is 4.79 Å². The molecule has 0 bridgehead atoms. The molecule has 0 unspecified atom stereocenters. The molecule has 0 radical (unpaired) electrons. The predicted octanol–water partition coefficient (Wildman–Crippen LogP) is 3.22. The number of carbonyl (C=O) groups is 1. The van der Waals surface area contributed by atoms with Gasteiger partial charge >= 0.3 is 0 Å². The fraction of sp³-hybridized carbons (Fsp3) is 0.250. The zero-order chi connectivity index (χ0) is 18.9. The fourth-order valence-corrected chi connectivity index (χ4v) is 2.45. The van der Waals surface area contributed by atoms with Gasteiger partial charge in [-0.05, 0) is 47.9 Å². The average molecular weight is 359 g/mol. The summed E-state index contributed by atoms with van der Waals surface area (Å²) in [5, 5.41) is 2.77. The summed E-state index contributed by atoms with van der Waals surface area (Å²) in [5.74, 6) is 0.994. The average Bonchev–Trinajstić information content (AvgIpc) is 2.65. The van der Waals surface area contributed by atoms with E-state index in [9.17, 15) is 9.18 Å². The van der Waals surface area contributed by atoms with Crippen LogP contribution in [0.4, 0.5) is 4.39 Å². The van der Waals surface area contributed by atoms with Crippen molar-refractivity contribution in [1.82, 2.24) is 5.32 Å². The lowest BCUT2D eigenvalue weighted by molar-refractivity contribution is -0.116. The van der Waals surface area contributed by atoms with E-state index in [1.807, 2.05) is 6.07 Å². The van der Waals surface area contributed by atoms with E-state index in [-0.39, 0.29) is 11.7 Å². The summed E-state index contributed by atoms with van der Waals surface area (Å²) in [7, 11) is 4.59. The molecule has 2 aromatic rings. The summed E-state index contributed by atoms with van der Waals surface area (Å²) in [6, 6.07) is 9.81. The number of amides is 1. The topological polar surface area (TPSA) is 56.8 Å². The first-order chi connectivity index (χ1) is 12.6. The van der Waals surface area contributed by atoms with Gasteiger partial charge in [0.25, 0.3) is 0 Å². The van der Waals surface area contributed by atoms with Crippen LogP contribution in [0.2, 0.25) is 0 Å². The third-order valence-electron chi connectivity index (χ3n) is 3.72. The number of benzene rings is 2. The molecule has 0 spiro atoms. The van der Waals surface area contributed by atoms with Gasteiger partial charge in [0.05, 0.1) is 21.3 Å². The van der Waals surface area contributed by atoms with E-state index in [2.05, 4.69) is 5.32 Å². The molecule has 0 aromatic heterocycles. The second kappa shape index (κ2) is 9.46. The van der Waals surface area contributed by atoms with Crippen LogP contribution in [0.5, 0.6) is 17.2 Å². The van der Waals surface area contributed by atoms with Crippen molar-refractivity contribution in [2.75, 3.05) is 27.9 Å². The number of halogens is 1. The molecule has 0 saturated heterocycles. The van der Waals surface area contributed by atoms with Gasteiger partial charge in [0.2, 0.25) is 11.7 Å². The molecule has 0 atom stereocenters. The van der Waals surface area contributed by atoms with Crippen molar-refractivity contribution in [3.63, 3.8) is 0 Å². The molecule has 0 heterocycles. The number of hydrogen-bond donors (Lipinski definition) is 1. The maximum absolute atomic E-state index is 13.1. The molecule has 2 aromatic carbocycles. The van der Waals surface area contributed by atoms with Crippen LogP contribution in [0.1, 0.15) is 11.1 Å². The standard InChI is InChI=1S/C20H22FNO4/c1-24-17-12-15(13-18(25-2)20(17)26-3)7-8-19(23)22-10-9-14-5-4-6-16(21)11-14/h4-8,11-13H,9-10H2,1-3H3,(H,22,23)/b8-7+. The number of nitrogens with one attached hydrogen (secondary N) is 1. The van der Waals surface area contributed by atoms with Gasteiger partial charge < -0.3 is 19.5 Å². The van der Waals surface area contributed by atoms with Crippen molar-refractivity contribution in [1.29, 1.82) is 0 Å². The Hall–Kier alpha value is -3.02. The number of methoxy groups -OCH3 is 3. The molecule has 26 heavy (non-hydrogen) atoms. The van der Waals surface area contributed by atoms with Crippen molar-refractivity contribution in [2.45, 2.75) is 6.42 Å². The molecule has 6 heteroatoms. The number of rotatable bonds is 8. The second-order valence-corrected chi connectivity index (χ2v) is 5.46. The van der Waals surface area contributed by atoms with E-state index < -0.39 is 0 Å². The van der Waals surface area contributed by atoms with Gasteiger partial charge in [-0.15, -0.1) is 0 Å². The summed E-state index contributed by atoms with van der Waals surface area (Å²) in [5.41, 5.74) is 1.57. The molecule has 0 aliphatic heterocycles. The summed E-state index contributed by atoms with van der Waals surface area (Å²) in [6.07, 6.45) is 3.63. The van der Waals surface area contributed by atoms with Crippen LogP contribution in [0.15, 0.2) is 42.5 Å². The highest BCUT2D eigenvalue weighted by molar-refractivity contribution is 5.91. The first kappa shape index (κ1) is 19.3. The first-order valence-electron chi connectivity index (χ1n) is 8.07. The van der Waals surface area contributed by atoms with Gasteiger partial charge in [0.1, 0.15) is 5.82 Å². The highest BCUT2D eigenvalue weighted by Crippen LogP contribution is 2.38. The molecule has 1 N–H and O–H groups in total. The van der Waals surface area contributed by atoms with E-state index in [4.69, 9.17) is 14.2 Å². The molecule has 0 aliphatic carbocycles. The second-order valence-electron chi connectivity index (χ2n) is 5.46. The minimum atomic E-state index is -0.281. The van der Waals surface area contributed by atoms with Crippen molar-refractivity contribution in [3.05, 3.63) is 59.4 Å². The summed E-state index contributed by atoms with van der Waals surface area (Å²) < 4.78 is 28.9. The first-order valence-corrected chi connectivity index (χ1v) is 8.07. The maximum atomic E-state index is 13.1. The Morgan fingerprint density at radius 2 is 1.77 bits per heavy atom. The summed E-state index contributed by atoms with van der Waals surface area (Å²) in [6.45, 7) is 0.419. The molecule has 0 fully saturated rings.